The van der Waals surface area contributed by atoms with Gasteiger partial charge in [-0.3, -0.25) is 4.79 Å². The number of fused-ring (bicyclic) bond motifs is 1. The van der Waals surface area contributed by atoms with Crippen LogP contribution in [0.25, 0.3) is 0 Å². The standard InChI is InChI=1S/C19H20FNO3/c1-24-19(23)14-10-11-21(17-9-5-3-6-13(14)17)12-18(22)15-7-2-4-8-16(15)20/h2-9,14,18,22H,10-12H2,1H3. The molecule has 0 aromatic heterocycles. The molecule has 4 nitrogen and oxygen atoms in total. The fourth-order valence-corrected chi connectivity index (χ4v) is 3.26. The summed E-state index contributed by atoms with van der Waals surface area (Å²) in [5.74, 6) is -0.965. The number of aliphatic hydroxyl groups is 1. The van der Waals surface area contributed by atoms with Crippen LogP contribution in [0.4, 0.5) is 10.1 Å². The summed E-state index contributed by atoms with van der Waals surface area (Å²) in [6.07, 6.45) is -0.331. The molecule has 0 radical (unpaired) electrons. The number of rotatable bonds is 4. The van der Waals surface area contributed by atoms with Crippen LogP contribution in [0.1, 0.15) is 29.6 Å². The number of hydrogen-bond acceptors (Lipinski definition) is 4. The molecule has 2 aromatic rings. The predicted octanol–water partition coefficient (Wildman–Crippen LogP) is 3.03. The number of anilines is 1. The van der Waals surface area contributed by atoms with E-state index in [-0.39, 0.29) is 24.0 Å². The number of aliphatic hydroxyl groups excluding tert-OH is 1. The second kappa shape index (κ2) is 7.01. The third kappa shape index (κ3) is 3.12. The van der Waals surface area contributed by atoms with Crippen LogP contribution < -0.4 is 4.90 Å². The van der Waals surface area contributed by atoms with Gasteiger partial charge in [-0.25, -0.2) is 4.39 Å². The number of halogens is 1. The van der Waals surface area contributed by atoms with Crippen LogP contribution in [0.15, 0.2) is 48.5 Å². The van der Waals surface area contributed by atoms with E-state index in [1.54, 1.807) is 18.2 Å². The number of carbonyl (C=O) groups is 1. The zero-order valence-corrected chi connectivity index (χ0v) is 13.5. The molecule has 24 heavy (non-hydrogen) atoms. The maximum Gasteiger partial charge on any atom is 0.313 e. The lowest BCUT2D eigenvalue weighted by Crippen LogP contribution is -2.36. The first-order valence-corrected chi connectivity index (χ1v) is 7.96. The quantitative estimate of drug-likeness (QED) is 0.876. The van der Waals surface area contributed by atoms with Gasteiger partial charge >= 0.3 is 5.97 Å². The summed E-state index contributed by atoms with van der Waals surface area (Å²) in [5, 5.41) is 10.4. The average molecular weight is 329 g/mol. The van der Waals surface area contributed by atoms with Gasteiger partial charge in [-0.15, -0.1) is 0 Å². The van der Waals surface area contributed by atoms with E-state index in [4.69, 9.17) is 4.74 Å². The molecule has 0 bridgehead atoms. The molecule has 2 unspecified atom stereocenters. The Hall–Kier alpha value is -2.40. The normalized spacial score (nSPS) is 18.0. The smallest absolute Gasteiger partial charge is 0.313 e. The molecular weight excluding hydrogens is 309 g/mol. The molecule has 0 saturated carbocycles. The van der Waals surface area contributed by atoms with Gasteiger partial charge in [0.05, 0.1) is 19.1 Å². The molecule has 0 saturated heterocycles. The first-order chi connectivity index (χ1) is 11.6. The highest BCUT2D eigenvalue weighted by atomic mass is 19.1. The van der Waals surface area contributed by atoms with E-state index in [0.717, 1.165) is 11.3 Å². The van der Waals surface area contributed by atoms with Crippen molar-refractivity contribution in [3.63, 3.8) is 0 Å². The van der Waals surface area contributed by atoms with E-state index in [9.17, 15) is 14.3 Å². The summed E-state index contributed by atoms with van der Waals surface area (Å²) in [6, 6.07) is 13.8. The molecule has 0 spiro atoms. The topological polar surface area (TPSA) is 49.8 Å². The molecule has 1 N–H and O–H groups in total. The minimum atomic E-state index is -0.936. The largest absolute Gasteiger partial charge is 0.469 e. The van der Waals surface area contributed by atoms with Crippen molar-refractivity contribution in [2.24, 2.45) is 0 Å². The van der Waals surface area contributed by atoms with E-state index in [2.05, 4.69) is 0 Å². The first-order valence-electron chi connectivity index (χ1n) is 7.96. The number of β-amino-alcohol motifs (C(OH)–C–C–N with tert-alkyl or cyclic N) is 1. The summed E-state index contributed by atoms with van der Waals surface area (Å²) >= 11 is 0. The van der Waals surface area contributed by atoms with Gasteiger partial charge in [0.15, 0.2) is 0 Å². The van der Waals surface area contributed by atoms with Crippen LogP contribution in [0.2, 0.25) is 0 Å². The number of esters is 1. The van der Waals surface area contributed by atoms with E-state index in [1.807, 2.05) is 29.2 Å². The van der Waals surface area contributed by atoms with Crippen molar-refractivity contribution in [3.8, 4) is 0 Å². The molecular formula is C19H20FNO3. The maximum absolute atomic E-state index is 13.9. The van der Waals surface area contributed by atoms with E-state index in [0.29, 0.717) is 13.0 Å². The predicted molar refractivity (Wildman–Crippen MR) is 89.4 cm³/mol. The maximum atomic E-state index is 13.9. The van der Waals surface area contributed by atoms with Gasteiger partial charge < -0.3 is 14.7 Å². The number of carbonyl (C=O) groups excluding carboxylic acids is 1. The number of para-hydroxylation sites is 1. The fourth-order valence-electron chi connectivity index (χ4n) is 3.26. The molecule has 126 valence electrons. The molecule has 1 heterocycles. The van der Waals surface area contributed by atoms with Gasteiger partial charge in [0.25, 0.3) is 0 Å². The number of ether oxygens (including phenoxy) is 1. The van der Waals surface area contributed by atoms with Gasteiger partial charge in [0.2, 0.25) is 0 Å². The van der Waals surface area contributed by atoms with Gasteiger partial charge in [-0.2, -0.15) is 0 Å². The van der Waals surface area contributed by atoms with E-state index < -0.39 is 11.9 Å². The number of hydrogen-bond donors (Lipinski definition) is 1. The minimum Gasteiger partial charge on any atom is -0.469 e. The summed E-state index contributed by atoms with van der Waals surface area (Å²) in [5.41, 5.74) is 2.05. The Morgan fingerprint density at radius 2 is 2.00 bits per heavy atom. The molecule has 1 aliphatic rings. The Morgan fingerprint density at radius 3 is 2.75 bits per heavy atom. The van der Waals surface area contributed by atoms with Crippen molar-refractivity contribution >= 4 is 11.7 Å². The summed E-state index contributed by atoms with van der Waals surface area (Å²) in [6.45, 7) is 0.869. The number of methoxy groups -OCH3 is 1. The molecule has 0 amide bonds. The first kappa shape index (κ1) is 16.5. The van der Waals surface area contributed by atoms with Crippen molar-refractivity contribution < 1.29 is 19.0 Å². The lowest BCUT2D eigenvalue weighted by Gasteiger charge is -2.36. The molecule has 2 atom stereocenters. The summed E-state index contributed by atoms with van der Waals surface area (Å²) in [7, 11) is 1.39. The average Bonchev–Trinajstić information content (AvgIpc) is 2.61. The van der Waals surface area contributed by atoms with Gasteiger partial charge in [0, 0.05) is 24.3 Å². The van der Waals surface area contributed by atoms with Crippen LogP contribution in [0.3, 0.4) is 0 Å². The highest BCUT2D eigenvalue weighted by Gasteiger charge is 2.31. The van der Waals surface area contributed by atoms with Crippen molar-refractivity contribution in [1.29, 1.82) is 0 Å². The second-order valence-corrected chi connectivity index (χ2v) is 5.91. The third-order valence-corrected chi connectivity index (χ3v) is 4.48. The van der Waals surface area contributed by atoms with Crippen molar-refractivity contribution in [2.75, 3.05) is 25.1 Å². The zero-order chi connectivity index (χ0) is 17.1. The van der Waals surface area contributed by atoms with Crippen molar-refractivity contribution in [3.05, 3.63) is 65.5 Å². The second-order valence-electron chi connectivity index (χ2n) is 5.91. The van der Waals surface area contributed by atoms with Crippen LogP contribution in [-0.2, 0) is 9.53 Å². The zero-order valence-electron chi connectivity index (χ0n) is 13.5. The summed E-state index contributed by atoms with van der Waals surface area (Å²) in [4.78, 5) is 14.0. The van der Waals surface area contributed by atoms with Crippen molar-refractivity contribution in [1.82, 2.24) is 0 Å². The SMILES string of the molecule is COC(=O)C1CCN(CC(O)c2ccccc2F)c2ccccc21. The lowest BCUT2D eigenvalue weighted by atomic mass is 9.89. The van der Waals surface area contributed by atoms with Crippen LogP contribution in [0.5, 0.6) is 0 Å². The Morgan fingerprint density at radius 1 is 1.29 bits per heavy atom. The minimum absolute atomic E-state index is 0.253. The van der Waals surface area contributed by atoms with Crippen molar-refractivity contribution in [2.45, 2.75) is 18.4 Å². The Kier molecular flexibility index (Phi) is 4.81. The number of benzene rings is 2. The van der Waals surface area contributed by atoms with E-state index in [1.165, 1.54) is 13.2 Å². The van der Waals surface area contributed by atoms with Gasteiger partial charge in [0.1, 0.15) is 5.82 Å². The van der Waals surface area contributed by atoms with Crippen LogP contribution in [0, 0.1) is 5.82 Å². The van der Waals surface area contributed by atoms with Gasteiger partial charge in [-0.05, 0) is 24.1 Å². The Balaban J connectivity index is 1.85. The fraction of sp³-hybridized carbons (Fsp3) is 0.316. The number of nitrogens with zero attached hydrogens (tertiary/aromatic N) is 1. The van der Waals surface area contributed by atoms with Crippen LogP contribution >= 0.6 is 0 Å². The third-order valence-electron chi connectivity index (χ3n) is 4.48. The highest BCUT2D eigenvalue weighted by molar-refractivity contribution is 5.81. The molecule has 0 aliphatic carbocycles. The van der Waals surface area contributed by atoms with E-state index >= 15 is 0 Å². The van der Waals surface area contributed by atoms with Crippen LogP contribution in [-0.4, -0.2) is 31.3 Å². The Labute approximate surface area is 140 Å². The molecule has 3 rings (SSSR count). The summed E-state index contributed by atoms with van der Waals surface area (Å²) < 4.78 is 18.8. The molecule has 0 fully saturated rings. The monoisotopic (exact) mass is 329 g/mol. The molecule has 2 aromatic carbocycles. The highest BCUT2D eigenvalue weighted by Crippen LogP contribution is 2.36. The molecule has 1 aliphatic heterocycles. The van der Waals surface area contributed by atoms with Gasteiger partial charge in [-0.1, -0.05) is 36.4 Å². The lowest BCUT2D eigenvalue weighted by molar-refractivity contribution is -0.142. The Bertz CT molecular complexity index is 734. The molecule has 5 heteroatoms.